The Balaban J connectivity index is 0.000000217. The van der Waals surface area contributed by atoms with Gasteiger partial charge in [-0.2, -0.15) is 0 Å². The van der Waals surface area contributed by atoms with E-state index in [9.17, 15) is 44.7 Å². The number of nitrogens with one attached hydrogen (secondary N) is 3. The number of aromatic nitrogens is 2. The van der Waals surface area contributed by atoms with E-state index in [4.69, 9.17) is 29.4 Å². The van der Waals surface area contributed by atoms with Gasteiger partial charge in [0.25, 0.3) is 0 Å². The van der Waals surface area contributed by atoms with Crippen LogP contribution in [0.4, 0.5) is 57.9 Å². The molecular weight excluding hydrogens is 1080 g/mol. The highest BCUT2D eigenvalue weighted by atomic mass is 19.4. The van der Waals surface area contributed by atoms with Crippen molar-refractivity contribution in [3.8, 4) is 33.8 Å². The van der Waals surface area contributed by atoms with E-state index in [1.54, 1.807) is 6.92 Å². The summed E-state index contributed by atoms with van der Waals surface area (Å²) >= 11 is 0. The Morgan fingerprint density at radius 1 is 0.630 bits per heavy atom. The molecule has 0 radical (unpaired) electrons. The lowest BCUT2D eigenvalue weighted by molar-refractivity contribution is -0.276. The zero-order valence-electron chi connectivity index (χ0n) is 45.8. The van der Waals surface area contributed by atoms with E-state index in [2.05, 4.69) is 41.8 Å². The third kappa shape index (κ3) is 19.4. The van der Waals surface area contributed by atoms with Crippen molar-refractivity contribution < 1.29 is 77.8 Å². The van der Waals surface area contributed by atoms with Crippen molar-refractivity contribution in [2.24, 2.45) is 23.7 Å². The van der Waals surface area contributed by atoms with E-state index in [-0.39, 0.29) is 24.3 Å². The van der Waals surface area contributed by atoms with Crippen molar-refractivity contribution in [3.63, 3.8) is 0 Å². The Kier molecular flexibility index (Phi) is 22.4. The molecule has 2 unspecified atom stereocenters. The van der Waals surface area contributed by atoms with Crippen molar-refractivity contribution in [1.29, 1.82) is 0 Å². The summed E-state index contributed by atoms with van der Waals surface area (Å²) in [4.78, 5) is 23.8. The lowest BCUT2D eigenvalue weighted by atomic mass is 9.96. The predicted molar refractivity (Wildman–Crippen MR) is 289 cm³/mol. The predicted octanol–water partition coefficient (Wildman–Crippen LogP) is 13.8. The molecule has 2 aliphatic rings. The Labute approximate surface area is 464 Å². The summed E-state index contributed by atoms with van der Waals surface area (Å²) < 4.78 is 129. The van der Waals surface area contributed by atoms with Gasteiger partial charge >= 0.3 is 18.7 Å². The van der Waals surface area contributed by atoms with Gasteiger partial charge in [0, 0.05) is 56.6 Å². The zero-order valence-corrected chi connectivity index (χ0v) is 45.8. The number of carboxylic acids is 1. The minimum absolute atomic E-state index is 0.0263. The number of carbonyl (C=O) groups excluding carboxylic acids is 1. The van der Waals surface area contributed by atoms with Crippen LogP contribution in [0, 0.1) is 63.0 Å². The maximum Gasteiger partial charge on any atom is 0.573 e. The number of halogens is 8. The molecule has 4 heterocycles. The molecule has 15 nitrogen and oxygen atoms in total. The normalized spacial score (nSPS) is 14.8. The first-order chi connectivity index (χ1) is 38.3. The number of rotatable bonds is 19. The molecule has 0 bridgehead atoms. The Hall–Kier alpha value is -7.40. The van der Waals surface area contributed by atoms with Crippen LogP contribution in [0.25, 0.3) is 22.3 Å². The fraction of sp³-hybridized carbons (Fsp3) is 0.448. The molecule has 23 heteroatoms. The summed E-state index contributed by atoms with van der Waals surface area (Å²) in [6, 6.07) is 17.8. The van der Waals surface area contributed by atoms with Gasteiger partial charge < -0.3 is 54.8 Å². The quantitative estimate of drug-likeness (QED) is 0.0378. The second kappa shape index (κ2) is 28.8. The Morgan fingerprint density at radius 3 is 1.47 bits per heavy atom. The summed E-state index contributed by atoms with van der Waals surface area (Å²) in [6.07, 6.45) is -3.29. The number of nitrogens with two attached hydrogens (primary N) is 1. The molecule has 6 aromatic rings. The molecule has 2 atom stereocenters. The Morgan fingerprint density at radius 2 is 1.06 bits per heavy atom. The first-order valence-corrected chi connectivity index (χ1v) is 26.5. The second-order valence-electron chi connectivity index (χ2n) is 20.2. The fourth-order valence-corrected chi connectivity index (χ4v) is 9.42. The van der Waals surface area contributed by atoms with Gasteiger partial charge in [-0.3, -0.25) is 9.59 Å². The number of nitrogens with zero attached hydrogens (tertiary/aromatic N) is 2. The molecule has 2 aromatic heterocycles. The van der Waals surface area contributed by atoms with Crippen LogP contribution in [0.5, 0.6) is 11.5 Å². The molecule has 2 fully saturated rings. The first-order valence-electron chi connectivity index (χ1n) is 26.5. The number of hydrogen-bond donors (Lipinski definition) is 5. The number of anilines is 4. The van der Waals surface area contributed by atoms with Gasteiger partial charge in [0.05, 0.1) is 40.1 Å². The van der Waals surface area contributed by atoms with E-state index in [1.807, 2.05) is 58.0 Å². The monoisotopic (exact) mass is 1140 g/mol. The number of carboxylic acid groups (broad SMARTS) is 1. The number of hydrogen-bond acceptors (Lipinski definition) is 13. The van der Waals surface area contributed by atoms with Gasteiger partial charge in [-0.15, -0.1) is 26.3 Å². The maximum absolute atomic E-state index is 14.2. The van der Waals surface area contributed by atoms with Crippen LogP contribution < -0.4 is 31.2 Å². The van der Waals surface area contributed by atoms with Crippen molar-refractivity contribution >= 4 is 34.6 Å². The van der Waals surface area contributed by atoms with E-state index in [1.165, 1.54) is 31.9 Å². The van der Waals surface area contributed by atoms with Crippen LogP contribution in [0.1, 0.15) is 86.4 Å². The second-order valence-corrected chi connectivity index (χ2v) is 20.2. The van der Waals surface area contributed by atoms with Gasteiger partial charge in [-0.1, -0.05) is 48.4 Å². The SMILES string of the molecule is CC(Cc1ccc(OC(F)(F)F)c(F)c1)C(=O)O.Cc1noc(C)c1-c1ccc(NCCC2CCOCC2)c(N)c1.Cc1noc(C)c1-c1ccc(NCCC2CCOCC2)c(NC(=O)C(C)Cc2ccc(OC(F)(F)F)c(F)c2)c1. The van der Waals surface area contributed by atoms with Gasteiger partial charge in [-0.25, -0.2) is 8.78 Å². The molecule has 0 saturated carbocycles. The number of aryl methyl sites for hydroxylation is 4. The highest BCUT2D eigenvalue weighted by Gasteiger charge is 2.33. The van der Waals surface area contributed by atoms with Crippen molar-refractivity contribution in [2.75, 3.05) is 61.2 Å². The maximum atomic E-state index is 14.2. The lowest BCUT2D eigenvalue weighted by Crippen LogP contribution is -2.23. The zero-order chi connectivity index (χ0) is 59.0. The fourth-order valence-electron chi connectivity index (χ4n) is 9.42. The van der Waals surface area contributed by atoms with Crippen molar-refractivity contribution in [2.45, 2.75) is 106 Å². The van der Waals surface area contributed by atoms with Crippen molar-refractivity contribution in [3.05, 3.63) is 118 Å². The van der Waals surface area contributed by atoms with Crippen LogP contribution in [0.3, 0.4) is 0 Å². The minimum atomic E-state index is -5.00. The number of carbonyl (C=O) groups is 2. The topological polar surface area (TPSA) is 205 Å². The molecular formula is C58H68F8N6O9. The number of nitrogen functional groups attached to an aromatic ring is 1. The lowest BCUT2D eigenvalue weighted by Gasteiger charge is -2.23. The molecule has 81 heavy (non-hydrogen) atoms. The van der Waals surface area contributed by atoms with Gasteiger partial charge in [0.2, 0.25) is 5.91 Å². The third-order valence-corrected chi connectivity index (χ3v) is 13.8. The molecule has 2 saturated heterocycles. The van der Waals surface area contributed by atoms with E-state index < -0.39 is 53.7 Å². The van der Waals surface area contributed by atoms with E-state index in [0.717, 1.165) is 152 Å². The average Bonchev–Trinajstić information content (AvgIpc) is 4.21. The molecule has 4 aromatic carbocycles. The van der Waals surface area contributed by atoms with Crippen molar-refractivity contribution in [1.82, 2.24) is 10.3 Å². The van der Waals surface area contributed by atoms with E-state index in [0.29, 0.717) is 22.9 Å². The summed E-state index contributed by atoms with van der Waals surface area (Å²) in [7, 11) is 0. The average molecular weight is 1150 g/mol. The van der Waals surface area contributed by atoms with Gasteiger partial charge in [-0.05, 0) is 162 Å². The van der Waals surface area contributed by atoms with Gasteiger partial charge in [0.1, 0.15) is 11.5 Å². The highest BCUT2D eigenvalue weighted by Crippen LogP contribution is 2.36. The van der Waals surface area contributed by atoms with Crippen LogP contribution in [0.2, 0.25) is 0 Å². The van der Waals surface area contributed by atoms with Crippen LogP contribution in [0.15, 0.2) is 81.8 Å². The molecule has 440 valence electrons. The number of aliphatic carboxylic acids is 1. The first kappa shape index (κ1) is 62.8. The smallest absolute Gasteiger partial charge is 0.481 e. The summed E-state index contributed by atoms with van der Waals surface area (Å²) in [5, 5.41) is 26.6. The summed E-state index contributed by atoms with van der Waals surface area (Å²) in [5.74, 6) is -4.10. The molecule has 0 aliphatic carbocycles. The van der Waals surface area contributed by atoms with Crippen LogP contribution in [-0.2, 0) is 31.9 Å². The highest BCUT2D eigenvalue weighted by molar-refractivity contribution is 5.97. The van der Waals surface area contributed by atoms with Crippen LogP contribution >= 0.6 is 0 Å². The summed E-state index contributed by atoms with van der Waals surface area (Å²) in [5.41, 5.74) is 15.3. The standard InChI is InChI=1S/C29H33F4N3O4.C18H25N3O2.C11H10F4O3/c1-17(14-21-4-7-26(23(30)15-21)39-29(31,32)33)28(37)35-25-16-22(27-18(2)36-40-19(27)3)5-6-24(25)34-11-8-20-9-12-38-13-10-20;1-12-18(13(2)23-21-12)15-3-4-17(16(19)11-15)20-8-5-14-6-9-22-10-7-14;1-6(10(16)17)4-7-2-3-9(8(12)5-7)18-11(13,14)15/h4-7,15-17,20,34H,8-14H2,1-3H3,(H,35,37);3-4,11,14,20H,5-10,19H2,1-2H3;2-3,5-6H,4H2,1H3,(H,16,17). The number of ether oxygens (including phenoxy) is 4. The van der Waals surface area contributed by atoms with E-state index >= 15 is 0 Å². The molecule has 1 amide bonds. The number of benzene rings is 4. The molecule has 0 spiro atoms. The Bertz CT molecular complexity index is 2990. The van der Waals surface area contributed by atoms with Gasteiger partial charge in [0.15, 0.2) is 23.1 Å². The summed E-state index contributed by atoms with van der Waals surface area (Å²) in [6.45, 7) is 15.6. The van der Waals surface area contributed by atoms with Crippen LogP contribution in [-0.4, -0.2) is 79.5 Å². The molecule has 8 rings (SSSR count). The minimum Gasteiger partial charge on any atom is -0.481 e. The molecule has 6 N–H and O–H groups in total. The number of alkyl halides is 6. The third-order valence-electron chi connectivity index (χ3n) is 13.8. The number of amides is 1. The largest absolute Gasteiger partial charge is 0.573 e. The molecule has 2 aliphatic heterocycles.